The number of methoxy groups -OCH3 is 1. The Morgan fingerprint density at radius 1 is 1.28 bits per heavy atom. The lowest BCUT2D eigenvalue weighted by molar-refractivity contribution is 0.102. The van der Waals surface area contributed by atoms with E-state index < -0.39 is 0 Å². The van der Waals surface area contributed by atoms with E-state index in [9.17, 15) is 4.79 Å². The van der Waals surface area contributed by atoms with Crippen LogP contribution >= 0.6 is 11.3 Å². The first kappa shape index (κ1) is 15.3. The van der Waals surface area contributed by atoms with Crippen LogP contribution in [0.25, 0.3) is 16.2 Å². The quantitative estimate of drug-likeness (QED) is 0.611. The number of anilines is 1. The molecule has 0 saturated heterocycles. The molecule has 7 nitrogen and oxygen atoms in total. The molecule has 1 aromatic carbocycles. The maximum absolute atomic E-state index is 12.4. The molecule has 25 heavy (non-hydrogen) atoms. The second-order valence-corrected chi connectivity index (χ2v) is 6.07. The molecule has 4 aromatic rings. The number of carbonyl (C=O) groups is 1. The van der Waals surface area contributed by atoms with Crippen molar-refractivity contribution in [2.45, 2.75) is 0 Å². The molecular formula is C17H13N5O2S. The number of thiazole rings is 1. The largest absolute Gasteiger partial charge is 0.481 e. The molecule has 0 fully saturated rings. The van der Waals surface area contributed by atoms with Crippen LogP contribution in [0.15, 0.2) is 54.4 Å². The minimum atomic E-state index is -0.330. The van der Waals surface area contributed by atoms with Crippen molar-refractivity contribution in [3.63, 3.8) is 0 Å². The fraction of sp³-hybridized carbons (Fsp3) is 0.0588. The molecule has 124 valence electrons. The van der Waals surface area contributed by atoms with Gasteiger partial charge in [0.1, 0.15) is 12.0 Å². The minimum Gasteiger partial charge on any atom is -0.481 e. The van der Waals surface area contributed by atoms with Gasteiger partial charge in [-0.1, -0.05) is 12.1 Å². The van der Waals surface area contributed by atoms with E-state index in [2.05, 4.69) is 20.3 Å². The summed E-state index contributed by atoms with van der Waals surface area (Å²) in [6.45, 7) is 0. The SMILES string of the molecule is COc1cc(C(=O)Nc2cccc(-c3cn4ccsc4n3)c2)ncn1. The Kier molecular flexibility index (Phi) is 3.87. The predicted octanol–water partition coefficient (Wildman–Crippen LogP) is 3.11. The topological polar surface area (TPSA) is 81.4 Å². The summed E-state index contributed by atoms with van der Waals surface area (Å²) >= 11 is 1.57. The van der Waals surface area contributed by atoms with Gasteiger partial charge in [0.2, 0.25) is 5.88 Å². The Labute approximate surface area is 147 Å². The lowest BCUT2D eigenvalue weighted by atomic mass is 10.1. The molecule has 3 heterocycles. The summed E-state index contributed by atoms with van der Waals surface area (Å²) in [7, 11) is 1.49. The smallest absolute Gasteiger partial charge is 0.274 e. The molecule has 3 aromatic heterocycles. The van der Waals surface area contributed by atoms with Gasteiger partial charge in [-0.05, 0) is 12.1 Å². The molecule has 0 bridgehead atoms. The van der Waals surface area contributed by atoms with Gasteiger partial charge in [0, 0.05) is 35.1 Å². The molecule has 1 N–H and O–H groups in total. The summed E-state index contributed by atoms with van der Waals surface area (Å²) in [5.74, 6) is 0.00987. The number of hydrogen-bond donors (Lipinski definition) is 1. The van der Waals surface area contributed by atoms with Crippen LogP contribution in [0.1, 0.15) is 10.5 Å². The van der Waals surface area contributed by atoms with E-state index in [1.54, 1.807) is 11.3 Å². The van der Waals surface area contributed by atoms with Crippen molar-refractivity contribution in [1.29, 1.82) is 0 Å². The number of ether oxygens (including phenoxy) is 1. The number of imidazole rings is 1. The summed E-state index contributed by atoms with van der Waals surface area (Å²) in [5, 5.41) is 4.82. The number of carbonyl (C=O) groups excluding carboxylic acids is 1. The minimum absolute atomic E-state index is 0.236. The first-order valence-electron chi connectivity index (χ1n) is 7.43. The highest BCUT2D eigenvalue weighted by molar-refractivity contribution is 7.15. The van der Waals surface area contributed by atoms with Crippen molar-refractivity contribution in [2.24, 2.45) is 0 Å². The Hall–Kier alpha value is -3.26. The van der Waals surface area contributed by atoms with E-state index in [4.69, 9.17) is 4.74 Å². The van der Waals surface area contributed by atoms with Crippen LogP contribution in [0.4, 0.5) is 5.69 Å². The van der Waals surface area contributed by atoms with Gasteiger partial charge in [-0.15, -0.1) is 11.3 Å². The third-order valence-corrected chi connectivity index (χ3v) is 4.36. The molecule has 1 amide bonds. The molecule has 0 saturated carbocycles. The van der Waals surface area contributed by atoms with Crippen molar-refractivity contribution in [3.8, 4) is 17.1 Å². The number of fused-ring (bicyclic) bond motifs is 1. The lowest BCUT2D eigenvalue weighted by Crippen LogP contribution is -2.14. The molecule has 0 radical (unpaired) electrons. The highest BCUT2D eigenvalue weighted by Gasteiger charge is 2.11. The zero-order valence-corrected chi connectivity index (χ0v) is 14.0. The van der Waals surface area contributed by atoms with Gasteiger partial charge >= 0.3 is 0 Å². The van der Waals surface area contributed by atoms with Gasteiger partial charge in [-0.3, -0.25) is 9.20 Å². The van der Waals surface area contributed by atoms with Gasteiger partial charge in [0.25, 0.3) is 5.91 Å². The molecular weight excluding hydrogens is 338 g/mol. The lowest BCUT2D eigenvalue weighted by Gasteiger charge is -2.06. The van der Waals surface area contributed by atoms with E-state index in [1.165, 1.54) is 19.5 Å². The number of hydrogen-bond acceptors (Lipinski definition) is 6. The maximum atomic E-state index is 12.4. The first-order chi connectivity index (χ1) is 12.2. The van der Waals surface area contributed by atoms with E-state index in [0.717, 1.165) is 16.2 Å². The number of nitrogens with one attached hydrogen (secondary N) is 1. The second kappa shape index (κ2) is 6.33. The van der Waals surface area contributed by atoms with E-state index in [0.29, 0.717) is 11.6 Å². The van der Waals surface area contributed by atoms with Crippen LogP contribution < -0.4 is 10.1 Å². The van der Waals surface area contributed by atoms with Crippen molar-refractivity contribution in [3.05, 3.63) is 60.1 Å². The van der Waals surface area contributed by atoms with Gasteiger partial charge in [-0.2, -0.15) is 0 Å². The van der Waals surface area contributed by atoms with E-state index >= 15 is 0 Å². The highest BCUT2D eigenvalue weighted by Crippen LogP contribution is 2.24. The summed E-state index contributed by atoms with van der Waals surface area (Å²) in [6, 6.07) is 9.01. The summed E-state index contributed by atoms with van der Waals surface area (Å²) in [6.07, 6.45) is 5.22. The zero-order chi connectivity index (χ0) is 17.2. The van der Waals surface area contributed by atoms with E-state index in [-0.39, 0.29) is 11.6 Å². The fourth-order valence-corrected chi connectivity index (χ4v) is 3.09. The van der Waals surface area contributed by atoms with Gasteiger partial charge in [-0.25, -0.2) is 15.0 Å². The maximum Gasteiger partial charge on any atom is 0.274 e. The van der Waals surface area contributed by atoms with Gasteiger partial charge in [0.05, 0.1) is 12.8 Å². The third kappa shape index (κ3) is 3.07. The standard InChI is InChI=1S/C17H13N5O2S/c1-24-15-8-13(18-10-19-15)16(23)20-12-4-2-3-11(7-12)14-9-22-5-6-25-17(22)21-14/h2-10H,1H3,(H,20,23). The molecule has 0 unspecified atom stereocenters. The summed E-state index contributed by atoms with van der Waals surface area (Å²) in [5.41, 5.74) is 2.68. The van der Waals surface area contributed by atoms with Crippen LogP contribution in [-0.4, -0.2) is 32.4 Å². The Balaban J connectivity index is 1.58. The molecule has 0 atom stereocenters. The molecule has 4 rings (SSSR count). The summed E-state index contributed by atoms with van der Waals surface area (Å²) < 4.78 is 6.98. The van der Waals surface area contributed by atoms with Gasteiger partial charge < -0.3 is 10.1 Å². The number of aromatic nitrogens is 4. The van der Waals surface area contributed by atoms with Crippen molar-refractivity contribution >= 4 is 27.9 Å². The third-order valence-electron chi connectivity index (χ3n) is 3.59. The predicted molar refractivity (Wildman–Crippen MR) is 95.0 cm³/mol. The van der Waals surface area contributed by atoms with Crippen LogP contribution in [0, 0.1) is 0 Å². The first-order valence-corrected chi connectivity index (χ1v) is 8.31. The number of rotatable bonds is 4. The van der Waals surface area contributed by atoms with E-state index in [1.807, 2.05) is 46.4 Å². The van der Waals surface area contributed by atoms with Crippen molar-refractivity contribution < 1.29 is 9.53 Å². The van der Waals surface area contributed by atoms with Gasteiger partial charge in [0.15, 0.2) is 4.96 Å². The molecule has 0 aliphatic carbocycles. The Bertz CT molecular complexity index is 1030. The second-order valence-electron chi connectivity index (χ2n) is 5.20. The Morgan fingerprint density at radius 2 is 2.20 bits per heavy atom. The number of nitrogens with zero attached hydrogens (tertiary/aromatic N) is 4. The number of benzene rings is 1. The highest BCUT2D eigenvalue weighted by atomic mass is 32.1. The average Bonchev–Trinajstić information content (AvgIpc) is 3.24. The van der Waals surface area contributed by atoms with Crippen molar-refractivity contribution in [1.82, 2.24) is 19.4 Å². The molecule has 0 aliphatic heterocycles. The molecule has 0 spiro atoms. The Morgan fingerprint density at radius 3 is 3.04 bits per heavy atom. The van der Waals surface area contributed by atoms with Crippen LogP contribution in [0.2, 0.25) is 0 Å². The van der Waals surface area contributed by atoms with Crippen LogP contribution in [0.3, 0.4) is 0 Å². The molecule has 8 heteroatoms. The van der Waals surface area contributed by atoms with Crippen molar-refractivity contribution in [2.75, 3.05) is 12.4 Å². The normalized spacial score (nSPS) is 10.8. The number of amides is 1. The average molecular weight is 351 g/mol. The monoisotopic (exact) mass is 351 g/mol. The molecule has 0 aliphatic rings. The van der Waals surface area contributed by atoms with Crippen LogP contribution in [0.5, 0.6) is 5.88 Å². The van der Waals surface area contributed by atoms with Crippen LogP contribution in [-0.2, 0) is 0 Å². The zero-order valence-electron chi connectivity index (χ0n) is 13.2. The fourth-order valence-electron chi connectivity index (χ4n) is 2.39. The summed E-state index contributed by atoms with van der Waals surface area (Å²) in [4.78, 5) is 25.7.